The first kappa shape index (κ1) is 10.0. The summed E-state index contributed by atoms with van der Waals surface area (Å²) >= 11 is 0. The van der Waals surface area contributed by atoms with Crippen LogP contribution in [0.15, 0.2) is 4.99 Å². The van der Waals surface area contributed by atoms with E-state index in [1.54, 1.807) is 0 Å². The van der Waals surface area contributed by atoms with Gasteiger partial charge < -0.3 is 16.3 Å². The van der Waals surface area contributed by atoms with Crippen molar-refractivity contribution in [3.8, 4) is 0 Å². The van der Waals surface area contributed by atoms with Crippen LogP contribution in [-0.4, -0.2) is 18.8 Å². The van der Waals surface area contributed by atoms with Gasteiger partial charge in [0.1, 0.15) is 6.29 Å². The van der Waals surface area contributed by atoms with Gasteiger partial charge in [-0.1, -0.05) is 19.3 Å². The fourth-order valence-corrected chi connectivity index (χ4v) is 1.82. The molecule has 0 aliphatic heterocycles. The molecule has 0 unspecified atom stereocenters. The molecular weight excluding hydrogens is 166 g/mol. The van der Waals surface area contributed by atoms with Crippen molar-refractivity contribution < 1.29 is 4.79 Å². The average molecular weight is 183 g/mol. The minimum Gasteiger partial charge on any atom is -0.370 e. The summed E-state index contributed by atoms with van der Waals surface area (Å²) in [6.07, 6.45) is 6.31. The summed E-state index contributed by atoms with van der Waals surface area (Å²) in [6.45, 7) is 0.457. The number of guanidine groups is 1. The van der Waals surface area contributed by atoms with Gasteiger partial charge in [-0.2, -0.15) is 0 Å². The van der Waals surface area contributed by atoms with Crippen LogP contribution in [0, 0.1) is 5.41 Å². The highest BCUT2D eigenvalue weighted by Gasteiger charge is 2.31. The molecule has 0 amide bonds. The van der Waals surface area contributed by atoms with Crippen LogP contribution in [0.2, 0.25) is 0 Å². The molecule has 0 spiro atoms. The van der Waals surface area contributed by atoms with Crippen LogP contribution >= 0.6 is 0 Å². The van der Waals surface area contributed by atoms with Gasteiger partial charge in [-0.3, -0.25) is 4.99 Å². The Balaban J connectivity index is 2.57. The summed E-state index contributed by atoms with van der Waals surface area (Å²) in [5.74, 6) is 0.0757. The Morgan fingerprint density at radius 2 is 1.92 bits per heavy atom. The van der Waals surface area contributed by atoms with Gasteiger partial charge in [0.05, 0.1) is 6.54 Å². The minimum absolute atomic E-state index is 0.0757. The number of nitrogens with two attached hydrogens (primary N) is 2. The van der Waals surface area contributed by atoms with Crippen molar-refractivity contribution in [2.75, 3.05) is 6.54 Å². The molecule has 0 aromatic carbocycles. The zero-order valence-electron chi connectivity index (χ0n) is 7.83. The largest absolute Gasteiger partial charge is 0.370 e. The number of hydrogen-bond acceptors (Lipinski definition) is 2. The summed E-state index contributed by atoms with van der Waals surface area (Å²) in [6, 6.07) is 0. The summed E-state index contributed by atoms with van der Waals surface area (Å²) in [7, 11) is 0. The van der Waals surface area contributed by atoms with E-state index in [4.69, 9.17) is 11.5 Å². The van der Waals surface area contributed by atoms with Gasteiger partial charge in [0, 0.05) is 5.41 Å². The molecule has 1 fully saturated rings. The number of carbonyl (C=O) groups excluding carboxylic acids is 1. The second-order valence-corrected chi connectivity index (χ2v) is 3.78. The highest BCUT2D eigenvalue weighted by atomic mass is 16.1. The maximum atomic E-state index is 10.9. The quantitative estimate of drug-likeness (QED) is 0.377. The van der Waals surface area contributed by atoms with E-state index in [0.29, 0.717) is 6.54 Å². The van der Waals surface area contributed by atoms with Gasteiger partial charge in [-0.25, -0.2) is 0 Å². The predicted molar refractivity (Wildman–Crippen MR) is 52.3 cm³/mol. The van der Waals surface area contributed by atoms with Gasteiger partial charge in [0.25, 0.3) is 0 Å². The van der Waals surface area contributed by atoms with Crippen LogP contribution in [0.1, 0.15) is 32.1 Å². The molecule has 1 aliphatic carbocycles. The molecule has 0 aromatic rings. The molecule has 4 N–H and O–H groups in total. The smallest absolute Gasteiger partial charge is 0.185 e. The van der Waals surface area contributed by atoms with E-state index in [1.165, 1.54) is 6.42 Å². The fourth-order valence-electron chi connectivity index (χ4n) is 1.82. The first-order valence-corrected chi connectivity index (χ1v) is 4.70. The van der Waals surface area contributed by atoms with Crippen LogP contribution < -0.4 is 11.5 Å². The van der Waals surface area contributed by atoms with Crippen LogP contribution in [-0.2, 0) is 4.79 Å². The predicted octanol–water partition coefficient (Wildman–Crippen LogP) is 0.409. The molecule has 0 atom stereocenters. The third kappa shape index (κ3) is 2.72. The maximum Gasteiger partial charge on any atom is 0.185 e. The molecule has 1 aliphatic rings. The highest BCUT2D eigenvalue weighted by molar-refractivity contribution is 5.76. The first-order chi connectivity index (χ1) is 6.18. The van der Waals surface area contributed by atoms with Crippen molar-refractivity contribution >= 4 is 12.2 Å². The molecule has 0 radical (unpaired) electrons. The molecule has 74 valence electrons. The Kier molecular flexibility index (Phi) is 3.28. The average Bonchev–Trinajstić information content (AvgIpc) is 2.16. The number of carbonyl (C=O) groups is 1. The lowest BCUT2D eigenvalue weighted by molar-refractivity contribution is -0.117. The van der Waals surface area contributed by atoms with Crippen LogP contribution in [0.5, 0.6) is 0 Å². The summed E-state index contributed by atoms with van der Waals surface area (Å²) in [5.41, 5.74) is 10.2. The zero-order chi connectivity index (χ0) is 9.73. The van der Waals surface area contributed by atoms with Crippen molar-refractivity contribution in [3.05, 3.63) is 0 Å². The Hall–Kier alpha value is -1.06. The van der Waals surface area contributed by atoms with Crippen molar-refractivity contribution in [1.29, 1.82) is 0 Å². The number of aldehydes is 1. The monoisotopic (exact) mass is 183 g/mol. The van der Waals surface area contributed by atoms with E-state index in [-0.39, 0.29) is 11.4 Å². The van der Waals surface area contributed by atoms with Gasteiger partial charge in [-0.15, -0.1) is 0 Å². The van der Waals surface area contributed by atoms with Gasteiger partial charge in [-0.05, 0) is 12.8 Å². The van der Waals surface area contributed by atoms with E-state index >= 15 is 0 Å². The second-order valence-electron chi connectivity index (χ2n) is 3.78. The van der Waals surface area contributed by atoms with Crippen LogP contribution in [0.4, 0.5) is 0 Å². The third-order valence-electron chi connectivity index (χ3n) is 2.68. The molecule has 0 aromatic heterocycles. The standard InChI is InChI=1S/C9H17N3O/c10-8(11)12-6-9(7-13)4-2-1-3-5-9/h7H,1-6H2,(H4,10,11,12). The fraction of sp³-hybridized carbons (Fsp3) is 0.778. The van der Waals surface area contributed by atoms with Crippen molar-refractivity contribution in [2.45, 2.75) is 32.1 Å². The lowest BCUT2D eigenvalue weighted by atomic mass is 9.75. The van der Waals surface area contributed by atoms with Crippen molar-refractivity contribution in [1.82, 2.24) is 0 Å². The van der Waals surface area contributed by atoms with E-state index in [2.05, 4.69) is 4.99 Å². The molecular formula is C9H17N3O. The SMILES string of the molecule is NC(N)=NCC1(C=O)CCCCC1. The Morgan fingerprint density at radius 3 is 2.38 bits per heavy atom. The molecule has 4 heteroatoms. The summed E-state index contributed by atoms with van der Waals surface area (Å²) in [5, 5.41) is 0. The van der Waals surface area contributed by atoms with E-state index in [9.17, 15) is 4.79 Å². The zero-order valence-corrected chi connectivity index (χ0v) is 7.83. The minimum atomic E-state index is -0.276. The summed E-state index contributed by atoms with van der Waals surface area (Å²) < 4.78 is 0. The first-order valence-electron chi connectivity index (χ1n) is 4.70. The second kappa shape index (κ2) is 4.25. The van der Waals surface area contributed by atoms with Gasteiger partial charge in [0.15, 0.2) is 5.96 Å². The number of aliphatic imine (C=N–C) groups is 1. The number of rotatable bonds is 3. The maximum absolute atomic E-state index is 10.9. The lowest BCUT2D eigenvalue weighted by Crippen LogP contribution is -2.32. The molecule has 1 rings (SSSR count). The van der Waals surface area contributed by atoms with Crippen molar-refractivity contribution in [3.63, 3.8) is 0 Å². The van der Waals surface area contributed by atoms with Gasteiger partial charge in [0.2, 0.25) is 0 Å². The van der Waals surface area contributed by atoms with Crippen LogP contribution in [0.3, 0.4) is 0 Å². The van der Waals surface area contributed by atoms with E-state index < -0.39 is 0 Å². The molecule has 0 heterocycles. The van der Waals surface area contributed by atoms with E-state index in [1.807, 2.05) is 0 Å². The number of hydrogen-bond donors (Lipinski definition) is 2. The van der Waals surface area contributed by atoms with Crippen molar-refractivity contribution in [2.24, 2.45) is 21.9 Å². The molecule has 4 nitrogen and oxygen atoms in total. The Morgan fingerprint density at radius 1 is 1.31 bits per heavy atom. The highest BCUT2D eigenvalue weighted by Crippen LogP contribution is 2.34. The Labute approximate surface area is 78.4 Å². The molecule has 13 heavy (non-hydrogen) atoms. The molecule has 0 saturated heterocycles. The molecule has 0 bridgehead atoms. The summed E-state index contributed by atoms with van der Waals surface area (Å²) in [4.78, 5) is 14.9. The molecule has 1 saturated carbocycles. The topological polar surface area (TPSA) is 81.5 Å². The normalized spacial score (nSPS) is 20.6. The Bertz CT molecular complexity index is 203. The third-order valence-corrected chi connectivity index (χ3v) is 2.68. The van der Waals surface area contributed by atoms with E-state index in [0.717, 1.165) is 32.0 Å². The number of nitrogens with zero attached hydrogens (tertiary/aromatic N) is 1. The lowest BCUT2D eigenvalue weighted by Gasteiger charge is -2.30. The van der Waals surface area contributed by atoms with Gasteiger partial charge >= 0.3 is 0 Å². The van der Waals surface area contributed by atoms with Crippen LogP contribution in [0.25, 0.3) is 0 Å².